The summed E-state index contributed by atoms with van der Waals surface area (Å²) < 4.78 is 50.0. The number of rotatable bonds is 5. The third-order valence-electron chi connectivity index (χ3n) is 4.76. The molecular weight excluding hydrogens is 467 g/mol. The van der Waals surface area contributed by atoms with Crippen molar-refractivity contribution in [2.75, 3.05) is 20.2 Å². The van der Waals surface area contributed by atoms with E-state index in [1.807, 2.05) is 18.2 Å². The van der Waals surface area contributed by atoms with E-state index in [4.69, 9.17) is 9.47 Å². The van der Waals surface area contributed by atoms with Crippen molar-refractivity contribution in [3.05, 3.63) is 51.8 Å². The lowest BCUT2D eigenvalue weighted by Gasteiger charge is -2.39. The molecule has 2 aromatic rings. The van der Waals surface area contributed by atoms with E-state index < -0.39 is 18.2 Å². The Labute approximate surface area is 179 Å². The van der Waals surface area contributed by atoms with Crippen molar-refractivity contribution in [3.63, 3.8) is 0 Å². The second-order valence-corrected chi connectivity index (χ2v) is 7.66. The highest BCUT2D eigenvalue weighted by Crippen LogP contribution is 2.38. The van der Waals surface area contributed by atoms with Crippen LogP contribution in [-0.2, 0) is 0 Å². The summed E-state index contributed by atoms with van der Waals surface area (Å²) in [6.45, 7) is 1.52. The number of halogens is 4. The van der Waals surface area contributed by atoms with Crippen LogP contribution in [0.3, 0.4) is 0 Å². The van der Waals surface area contributed by atoms with Crippen molar-refractivity contribution in [2.24, 2.45) is 0 Å². The summed E-state index contributed by atoms with van der Waals surface area (Å²) in [5.41, 5.74) is 0.636. The van der Waals surface area contributed by atoms with Crippen LogP contribution in [0.2, 0.25) is 0 Å². The maximum absolute atomic E-state index is 13.1. The van der Waals surface area contributed by atoms with Gasteiger partial charge in [-0.15, -0.1) is 0 Å². The molecule has 30 heavy (non-hydrogen) atoms. The second kappa shape index (κ2) is 8.52. The molecule has 0 saturated carbocycles. The largest absolute Gasteiger partial charge is 0.494 e. The van der Waals surface area contributed by atoms with Gasteiger partial charge in [-0.05, 0) is 47.1 Å². The minimum Gasteiger partial charge on any atom is -0.494 e. The Morgan fingerprint density at radius 3 is 2.57 bits per heavy atom. The summed E-state index contributed by atoms with van der Waals surface area (Å²) >= 11 is 3.31. The first-order valence-corrected chi connectivity index (χ1v) is 9.70. The van der Waals surface area contributed by atoms with E-state index >= 15 is 0 Å². The minimum atomic E-state index is -4.61. The molecule has 10 heteroatoms. The predicted molar refractivity (Wildman–Crippen MR) is 104 cm³/mol. The maximum Gasteiger partial charge on any atom is 0.425 e. The van der Waals surface area contributed by atoms with Crippen LogP contribution in [0.15, 0.2) is 34.9 Å². The highest BCUT2D eigenvalue weighted by atomic mass is 79.9. The number of methoxy groups -OCH3 is 1. The number of alkyl halides is 3. The monoisotopic (exact) mass is 483 g/mol. The number of carbonyl (C=O) groups is 1. The third kappa shape index (κ3) is 4.36. The number of hydrogen-bond acceptors (Lipinski definition) is 5. The predicted octanol–water partition coefficient (Wildman–Crippen LogP) is 4.29. The molecule has 158 valence electrons. The molecule has 0 N–H and O–H groups in total. The summed E-state index contributed by atoms with van der Waals surface area (Å²) in [5.74, 6) is -0.960. The Bertz CT molecular complexity index is 984. The Balaban J connectivity index is 1.88. The van der Waals surface area contributed by atoms with Gasteiger partial charge in [0.1, 0.15) is 17.4 Å². The molecule has 0 unspecified atom stereocenters. The van der Waals surface area contributed by atoms with E-state index in [0.717, 1.165) is 17.1 Å². The number of aromatic nitrogens is 1. The number of carbonyl (C=O) groups excluding carboxylic acids is 1. The van der Waals surface area contributed by atoms with E-state index in [2.05, 4.69) is 20.9 Å². The highest BCUT2D eigenvalue weighted by molar-refractivity contribution is 9.10. The Hall–Kier alpha value is -2.80. The number of hydrogen-bond donors (Lipinski definition) is 0. The van der Waals surface area contributed by atoms with Gasteiger partial charge in [0.15, 0.2) is 11.9 Å². The zero-order chi connectivity index (χ0) is 22.1. The molecule has 2 heterocycles. The van der Waals surface area contributed by atoms with Crippen LogP contribution in [0.1, 0.15) is 34.5 Å². The molecule has 1 aliphatic heterocycles. The summed E-state index contributed by atoms with van der Waals surface area (Å²) in [7, 11) is 1.24. The zero-order valence-electron chi connectivity index (χ0n) is 16.0. The van der Waals surface area contributed by atoms with Gasteiger partial charge < -0.3 is 14.4 Å². The number of amides is 1. The molecule has 1 atom stereocenters. The average molecular weight is 484 g/mol. The molecule has 0 aliphatic carbocycles. The van der Waals surface area contributed by atoms with Crippen molar-refractivity contribution in [1.82, 2.24) is 9.88 Å². The van der Waals surface area contributed by atoms with Crippen molar-refractivity contribution in [2.45, 2.75) is 25.1 Å². The Morgan fingerprint density at radius 1 is 1.33 bits per heavy atom. The normalized spacial score (nSPS) is 15.2. The third-order valence-corrected chi connectivity index (χ3v) is 5.23. The quantitative estimate of drug-likeness (QED) is 0.633. The molecule has 1 saturated heterocycles. The lowest BCUT2D eigenvalue weighted by Crippen LogP contribution is -2.49. The number of likely N-dealkylation sites (tertiary alicyclic amines) is 1. The van der Waals surface area contributed by atoms with Crippen LogP contribution in [0.25, 0.3) is 0 Å². The van der Waals surface area contributed by atoms with Gasteiger partial charge in [0.25, 0.3) is 5.91 Å². The van der Waals surface area contributed by atoms with Crippen LogP contribution >= 0.6 is 15.9 Å². The standard InChI is InChI=1S/C20H17BrF3N3O3/c1-11(20(22,23)24)30-16-6-3-12(7-25)18(29-2)17(16)19(28)27-9-13(10-27)15-5-4-14(21)8-26-15/h3-6,8,11,13H,9-10H2,1-2H3/t11-/m0/s1. The number of nitrogens with zero attached hydrogens (tertiary/aromatic N) is 3. The summed E-state index contributed by atoms with van der Waals surface area (Å²) in [6, 6.07) is 8.01. The van der Waals surface area contributed by atoms with E-state index in [9.17, 15) is 23.2 Å². The number of pyridine rings is 1. The fourth-order valence-electron chi connectivity index (χ4n) is 3.04. The maximum atomic E-state index is 13.1. The van der Waals surface area contributed by atoms with Crippen molar-refractivity contribution < 1.29 is 27.4 Å². The van der Waals surface area contributed by atoms with Crippen LogP contribution in [-0.4, -0.2) is 48.3 Å². The fraction of sp³-hybridized carbons (Fsp3) is 0.350. The van der Waals surface area contributed by atoms with Gasteiger partial charge in [-0.1, -0.05) is 0 Å². The van der Waals surface area contributed by atoms with Gasteiger partial charge >= 0.3 is 6.18 Å². The van der Waals surface area contributed by atoms with Gasteiger partial charge in [0, 0.05) is 35.4 Å². The van der Waals surface area contributed by atoms with Gasteiger partial charge in [-0.25, -0.2) is 0 Å². The van der Waals surface area contributed by atoms with E-state index in [1.165, 1.54) is 24.1 Å². The number of nitriles is 1. The molecular formula is C20H17BrF3N3O3. The lowest BCUT2D eigenvalue weighted by atomic mass is 9.94. The first-order chi connectivity index (χ1) is 14.2. The van der Waals surface area contributed by atoms with Gasteiger partial charge in [-0.2, -0.15) is 18.4 Å². The average Bonchev–Trinajstić information content (AvgIpc) is 2.66. The highest BCUT2D eigenvalue weighted by Gasteiger charge is 2.40. The van der Waals surface area contributed by atoms with E-state index in [1.54, 1.807) is 6.20 Å². The topological polar surface area (TPSA) is 75.5 Å². The van der Waals surface area contributed by atoms with Crippen molar-refractivity contribution in [3.8, 4) is 17.6 Å². The van der Waals surface area contributed by atoms with Gasteiger partial charge in [0.05, 0.1) is 12.7 Å². The number of ether oxygens (including phenoxy) is 2. The van der Waals surface area contributed by atoms with Crippen LogP contribution in [0.4, 0.5) is 13.2 Å². The molecule has 1 fully saturated rings. The van der Waals surface area contributed by atoms with Crippen LogP contribution < -0.4 is 9.47 Å². The molecule has 1 aromatic heterocycles. The van der Waals surface area contributed by atoms with Crippen LogP contribution in [0.5, 0.6) is 11.5 Å². The molecule has 1 aliphatic rings. The first-order valence-electron chi connectivity index (χ1n) is 8.90. The number of benzene rings is 1. The molecule has 0 spiro atoms. The van der Waals surface area contributed by atoms with E-state index in [-0.39, 0.29) is 28.5 Å². The smallest absolute Gasteiger partial charge is 0.425 e. The SMILES string of the molecule is COc1c(C#N)ccc(O[C@@H](C)C(F)(F)F)c1C(=O)N1CC(c2ccc(Br)cn2)C1. The fourth-order valence-corrected chi connectivity index (χ4v) is 3.28. The van der Waals surface area contributed by atoms with Gasteiger partial charge in [-0.3, -0.25) is 9.78 Å². The van der Waals surface area contributed by atoms with Crippen LogP contribution in [0, 0.1) is 11.3 Å². The molecule has 3 rings (SSSR count). The summed E-state index contributed by atoms with van der Waals surface area (Å²) in [5, 5.41) is 9.29. The molecule has 1 amide bonds. The van der Waals surface area contributed by atoms with Crippen molar-refractivity contribution in [1.29, 1.82) is 5.26 Å². The van der Waals surface area contributed by atoms with Crippen molar-refractivity contribution >= 4 is 21.8 Å². The summed E-state index contributed by atoms with van der Waals surface area (Å²) in [6.07, 6.45) is -5.10. The Kier molecular flexibility index (Phi) is 6.22. The molecule has 0 radical (unpaired) electrons. The second-order valence-electron chi connectivity index (χ2n) is 6.74. The first kappa shape index (κ1) is 21.9. The molecule has 0 bridgehead atoms. The van der Waals surface area contributed by atoms with E-state index in [0.29, 0.717) is 13.1 Å². The molecule has 6 nitrogen and oxygen atoms in total. The Morgan fingerprint density at radius 2 is 2.03 bits per heavy atom. The minimum absolute atomic E-state index is 0.00524. The summed E-state index contributed by atoms with van der Waals surface area (Å²) in [4.78, 5) is 18.9. The molecule has 1 aromatic carbocycles. The lowest BCUT2D eigenvalue weighted by molar-refractivity contribution is -0.189. The van der Waals surface area contributed by atoms with Gasteiger partial charge in [0.2, 0.25) is 0 Å². The zero-order valence-corrected chi connectivity index (χ0v) is 17.6.